The Bertz CT molecular complexity index is 522. The van der Waals surface area contributed by atoms with Crippen molar-refractivity contribution >= 4 is 0 Å². The molecule has 19 heavy (non-hydrogen) atoms. The van der Waals surface area contributed by atoms with Gasteiger partial charge in [0.25, 0.3) is 0 Å². The third-order valence-corrected chi connectivity index (χ3v) is 3.33. The molecule has 0 aliphatic heterocycles. The van der Waals surface area contributed by atoms with Crippen LogP contribution in [-0.2, 0) is 6.42 Å². The molecular weight excluding hydrogens is 237 g/mol. The quantitative estimate of drug-likeness (QED) is 0.852. The first-order chi connectivity index (χ1) is 9.22. The minimum absolute atomic E-state index is 0.0206. The number of hydrogen-bond donors (Lipinski definition) is 1. The molecule has 0 aromatic heterocycles. The van der Waals surface area contributed by atoms with Crippen molar-refractivity contribution in [2.45, 2.75) is 26.3 Å². The molecule has 0 saturated heterocycles. The smallest absolute Gasteiger partial charge is 0.130 e. The average Bonchev–Trinajstić information content (AvgIpc) is 2.43. The van der Waals surface area contributed by atoms with Crippen LogP contribution < -0.4 is 5.32 Å². The highest BCUT2D eigenvalue weighted by atomic mass is 19.1. The van der Waals surface area contributed by atoms with Crippen molar-refractivity contribution in [3.8, 4) is 0 Å². The Kier molecular flexibility index (Phi) is 4.69. The van der Waals surface area contributed by atoms with Crippen molar-refractivity contribution in [3.05, 3.63) is 71.0 Å². The summed E-state index contributed by atoms with van der Waals surface area (Å²) in [4.78, 5) is 0. The van der Waals surface area contributed by atoms with Gasteiger partial charge in [0, 0.05) is 11.6 Å². The lowest BCUT2D eigenvalue weighted by atomic mass is 9.97. The summed E-state index contributed by atoms with van der Waals surface area (Å²) in [5, 5.41) is 3.38. The van der Waals surface area contributed by atoms with Crippen LogP contribution in [0.5, 0.6) is 0 Å². The number of hydrogen-bond acceptors (Lipinski definition) is 1. The first-order valence-electron chi connectivity index (χ1n) is 6.74. The molecule has 0 saturated carbocycles. The molecule has 2 aromatic carbocycles. The summed E-state index contributed by atoms with van der Waals surface area (Å²) in [6.45, 7) is 4.68. The maximum Gasteiger partial charge on any atom is 0.130 e. The predicted octanol–water partition coefficient (Wildman–Crippen LogP) is 4.03. The zero-order chi connectivity index (χ0) is 13.7. The number of halogens is 1. The monoisotopic (exact) mass is 257 g/mol. The molecule has 0 heterocycles. The van der Waals surface area contributed by atoms with Gasteiger partial charge in [0.05, 0.1) is 0 Å². The van der Waals surface area contributed by atoms with E-state index < -0.39 is 0 Å². The lowest BCUT2D eigenvalue weighted by molar-refractivity contribution is 0.507. The van der Waals surface area contributed by atoms with E-state index in [9.17, 15) is 4.39 Å². The minimum atomic E-state index is -0.0932. The van der Waals surface area contributed by atoms with E-state index in [1.165, 1.54) is 5.56 Å². The van der Waals surface area contributed by atoms with E-state index in [1.54, 1.807) is 0 Å². The normalized spacial score (nSPS) is 12.4. The molecule has 0 spiro atoms. The minimum Gasteiger partial charge on any atom is -0.310 e. The van der Waals surface area contributed by atoms with Crippen molar-refractivity contribution < 1.29 is 4.39 Å². The molecule has 1 atom stereocenters. The molecule has 2 rings (SSSR count). The Morgan fingerprint density at radius 2 is 1.79 bits per heavy atom. The molecule has 100 valence electrons. The Morgan fingerprint density at radius 3 is 2.47 bits per heavy atom. The maximum atomic E-state index is 14.2. The molecular formula is C17H20FN. The van der Waals surface area contributed by atoms with Crippen LogP contribution >= 0.6 is 0 Å². The summed E-state index contributed by atoms with van der Waals surface area (Å²) in [5.41, 5.74) is 2.67. The lowest BCUT2D eigenvalue weighted by Crippen LogP contribution is -2.24. The third kappa shape index (κ3) is 3.42. The van der Waals surface area contributed by atoms with Gasteiger partial charge in [0.15, 0.2) is 0 Å². The fourth-order valence-electron chi connectivity index (χ4n) is 2.33. The Hall–Kier alpha value is -1.67. The second kappa shape index (κ2) is 6.48. The van der Waals surface area contributed by atoms with E-state index in [2.05, 4.69) is 17.4 Å². The molecule has 1 N–H and O–H groups in total. The summed E-state index contributed by atoms with van der Waals surface area (Å²) >= 11 is 0. The molecule has 0 aliphatic carbocycles. The van der Waals surface area contributed by atoms with E-state index in [-0.39, 0.29) is 11.9 Å². The highest BCUT2D eigenvalue weighted by Gasteiger charge is 2.16. The maximum absolute atomic E-state index is 14.2. The van der Waals surface area contributed by atoms with Crippen LogP contribution in [0.25, 0.3) is 0 Å². The van der Waals surface area contributed by atoms with Crippen molar-refractivity contribution in [2.75, 3.05) is 6.54 Å². The second-order valence-electron chi connectivity index (χ2n) is 4.78. The second-order valence-corrected chi connectivity index (χ2v) is 4.78. The number of benzene rings is 2. The highest BCUT2D eigenvalue weighted by molar-refractivity contribution is 5.29. The summed E-state index contributed by atoms with van der Waals surface area (Å²) < 4.78 is 14.2. The van der Waals surface area contributed by atoms with Crippen molar-refractivity contribution in [1.82, 2.24) is 5.32 Å². The van der Waals surface area contributed by atoms with Crippen LogP contribution in [0.2, 0.25) is 0 Å². The van der Waals surface area contributed by atoms with Gasteiger partial charge in [0.1, 0.15) is 5.82 Å². The lowest BCUT2D eigenvalue weighted by Gasteiger charge is -2.20. The van der Waals surface area contributed by atoms with Crippen molar-refractivity contribution in [2.24, 2.45) is 0 Å². The number of aryl methyl sites for hydroxylation is 1. The van der Waals surface area contributed by atoms with Crippen molar-refractivity contribution in [1.29, 1.82) is 0 Å². The molecule has 2 aromatic rings. The van der Waals surface area contributed by atoms with Gasteiger partial charge in [-0.3, -0.25) is 0 Å². The van der Waals surface area contributed by atoms with Crippen LogP contribution in [0.3, 0.4) is 0 Å². The molecule has 0 amide bonds. The first kappa shape index (κ1) is 13.8. The summed E-state index contributed by atoms with van der Waals surface area (Å²) in [7, 11) is 0. The fraction of sp³-hybridized carbons (Fsp3) is 0.294. The van der Waals surface area contributed by atoms with E-state index in [0.717, 1.165) is 18.5 Å². The largest absolute Gasteiger partial charge is 0.310 e. The molecule has 0 bridgehead atoms. The van der Waals surface area contributed by atoms with Gasteiger partial charge in [-0.15, -0.1) is 0 Å². The van der Waals surface area contributed by atoms with Gasteiger partial charge >= 0.3 is 0 Å². The Morgan fingerprint density at radius 1 is 1.05 bits per heavy atom. The topological polar surface area (TPSA) is 12.0 Å². The zero-order valence-electron chi connectivity index (χ0n) is 11.5. The van der Waals surface area contributed by atoms with Gasteiger partial charge in [-0.25, -0.2) is 4.39 Å². The van der Waals surface area contributed by atoms with Crippen LogP contribution in [-0.4, -0.2) is 6.54 Å². The summed E-state index contributed by atoms with van der Waals surface area (Å²) in [5.74, 6) is -0.0932. The summed E-state index contributed by atoms with van der Waals surface area (Å²) in [6, 6.07) is 15.8. The van der Waals surface area contributed by atoms with Crippen molar-refractivity contribution in [3.63, 3.8) is 0 Å². The first-order valence-corrected chi connectivity index (χ1v) is 6.74. The van der Waals surface area contributed by atoms with Gasteiger partial charge in [-0.05, 0) is 31.0 Å². The Labute approximate surface area is 114 Å². The molecule has 2 heteroatoms. The number of rotatable bonds is 5. The van der Waals surface area contributed by atoms with Crippen LogP contribution in [0, 0.1) is 12.7 Å². The van der Waals surface area contributed by atoms with E-state index in [0.29, 0.717) is 5.56 Å². The van der Waals surface area contributed by atoms with Gasteiger partial charge in [-0.1, -0.05) is 55.5 Å². The SMILES string of the molecule is CCNC(Cc1ccccc1)c1cccc(C)c1F. The number of likely N-dealkylation sites (N-methyl/N-ethyl adjacent to an activating group) is 1. The van der Waals surface area contributed by atoms with E-state index in [1.807, 2.05) is 50.2 Å². The molecule has 1 unspecified atom stereocenters. The Balaban J connectivity index is 2.27. The molecule has 0 aliphatic rings. The van der Waals surface area contributed by atoms with Crippen LogP contribution in [0.1, 0.15) is 29.7 Å². The molecule has 1 nitrogen and oxygen atoms in total. The average molecular weight is 257 g/mol. The van der Waals surface area contributed by atoms with Crippen LogP contribution in [0.15, 0.2) is 48.5 Å². The molecule has 0 fully saturated rings. The summed E-state index contributed by atoms with van der Waals surface area (Å²) in [6.07, 6.45) is 0.801. The standard InChI is InChI=1S/C17H20FN/c1-3-19-16(12-14-9-5-4-6-10-14)15-11-7-8-13(2)17(15)18/h4-11,16,19H,3,12H2,1-2H3. The van der Waals surface area contributed by atoms with E-state index in [4.69, 9.17) is 0 Å². The van der Waals surface area contributed by atoms with E-state index >= 15 is 0 Å². The highest BCUT2D eigenvalue weighted by Crippen LogP contribution is 2.23. The zero-order valence-corrected chi connectivity index (χ0v) is 11.5. The van der Waals surface area contributed by atoms with Gasteiger partial charge < -0.3 is 5.32 Å². The van der Waals surface area contributed by atoms with Gasteiger partial charge in [0.2, 0.25) is 0 Å². The third-order valence-electron chi connectivity index (χ3n) is 3.33. The fourth-order valence-corrected chi connectivity index (χ4v) is 2.33. The predicted molar refractivity (Wildman–Crippen MR) is 77.7 cm³/mol. The molecule has 0 radical (unpaired) electrons. The number of nitrogens with one attached hydrogen (secondary N) is 1. The van der Waals surface area contributed by atoms with Crippen LogP contribution in [0.4, 0.5) is 4.39 Å². The van der Waals surface area contributed by atoms with Gasteiger partial charge in [-0.2, -0.15) is 0 Å².